The lowest BCUT2D eigenvalue weighted by molar-refractivity contribution is 0.442. The highest BCUT2D eigenvalue weighted by atomic mass is 16.5. The van der Waals surface area contributed by atoms with Gasteiger partial charge in [0.25, 0.3) is 0 Å². The minimum Gasteiger partial charge on any atom is -0.456 e. The second-order valence-corrected chi connectivity index (χ2v) is 18.2. The van der Waals surface area contributed by atoms with E-state index in [1.807, 2.05) is 0 Å². The minimum atomic E-state index is -0.559. The fraction of sp³-hybridized carbons (Fsp3) is 0.0312. The lowest BCUT2D eigenvalue weighted by Gasteiger charge is -2.40. The van der Waals surface area contributed by atoms with Gasteiger partial charge in [-0.3, -0.25) is 0 Å². The topological polar surface area (TPSA) is 9.23 Å². The smallest absolute Gasteiger partial charge is 0.140 e. The fourth-order valence-corrected chi connectivity index (χ4v) is 12.9. The van der Waals surface area contributed by atoms with Crippen molar-refractivity contribution >= 4 is 21.5 Å². The van der Waals surface area contributed by atoms with E-state index in [0.717, 1.165) is 16.9 Å². The number of para-hydroxylation sites is 1. The van der Waals surface area contributed by atoms with E-state index in [1.54, 1.807) is 0 Å². The van der Waals surface area contributed by atoms with Crippen LogP contribution in [-0.2, 0) is 10.8 Å². The second kappa shape index (κ2) is 12.7. The summed E-state index contributed by atoms with van der Waals surface area (Å²) in [5, 5.41) is 4.87. The Morgan fingerprint density at radius 2 is 0.785 bits per heavy atom. The molecule has 4 aliphatic rings. The third-order valence-corrected chi connectivity index (χ3v) is 15.3. The highest BCUT2D eigenvalue weighted by Gasteiger charge is 2.53. The molecule has 15 rings (SSSR count). The van der Waals surface area contributed by atoms with E-state index >= 15 is 0 Å². The van der Waals surface area contributed by atoms with Gasteiger partial charge in [0, 0.05) is 16.5 Å². The molecular weight excluding hydrogens is 785 g/mol. The zero-order valence-electron chi connectivity index (χ0n) is 35.3. The fourth-order valence-electron chi connectivity index (χ4n) is 12.9. The Balaban J connectivity index is 0.962. The third kappa shape index (κ3) is 4.33. The van der Waals surface area contributed by atoms with Gasteiger partial charge in [-0.05, 0) is 129 Å². The van der Waals surface area contributed by atoms with Crippen LogP contribution in [0.15, 0.2) is 231 Å². The van der Waals surface area contributed by atoms with Gasteiger partial charge in [0.2, 0.25) is 0 Å². The molecule has 0 saturated heterocycles. The summed E-state index contributed by atoms with van der Waals surface area (Å²) in [7, 11) is 0. The first-order valence-electron chi connectivity index (χ1n) is 22.7. The van der Waals surface area contributed by atoms with E-state index in [0.29, 0.717) is 0 Å². The van der Waals surface area contributed by atoms with Crippen LogP contribution >= 0.6 is 0 Å². The maximum absolute atomic E-state index is 7.08. The van der Waals surface area contributed by atoms with Gasteiger partial charge in [-0.15, -0.1) is 0 Å². The largest absolute Gasteiger partial charge is 0.456 e. The summed E-state index contributed by atoms with van der Waals surface area (Å²) in [6, 6.07) is 86.2. The maximum Gasteiger partial charge on any atom is 0.140 e. The standard InChI is InChI=1S/C64H38O/c1-2-19-43-39(16-1)33-35-57-61(43)50-25-8-12-29-55(50)64(57)54-28-11-7-23-47(54)48-34-32-41(37-58(48)64)40-17-15-18-42(36-40)51-38-59-62(49-24-4-3-20-44(49)51)65-60-31-14-13-30-56(60)63(59)52-26-9-5-21-45(52)46-22-6-10-27-53(46)63/h1-38H. The Bertz CT molecular complexity index is 3840. The van der Waals surface area contributed by atoms with Crippen LogP contribution in [0.4, 0.5) is 0 Å². The van der Waals surface area contributed by atoms with Crippen molar-refractivity contribution in [1.82, 2.24) is 0 Å². The highest BCUT2D eigenvalue weighted by Crippen LogP contribution is 2.66. The summed E-state index contributed by atoms with van der Waals surface area (Å²) in [4.78, 5) is 0. The van der Waals surface area contributed by atoms with Crippen molar-refractivity contribution in [2.45, 2.75) is 10.8 Å². The van der Waals surface area contributed by atoms with Gasteiger partial charge >= 0.3 is 0 Å². The summed E-state index contributed by atoms with van der Waals surface area (Å²) < 4.78 is 7.08. The predicted molar refractivity (Wildman–Crippen MR) is 266 cm³/mol. The average molecular weight is 823 g/mol. The summed E-state index contributed by atoms with van der Waals surface area (Å²) in [5.41, 5.74) is 22.0. The molecule has 0 aromatic heterocycles. The van der Waals surface area contributed by atoms with Crippen LogP contribution in [-0.4, -0.2) is 0 Å². The lowest BCUT2D eigenvalue weighted by Crippen LogP contribution is -2.32. The van der Waals surface area contributed by atoms with Gasteiger partial charge in [0.1, 0.15) is 11.5 Å². The number of rotatable bonds is 2. The van der Waals surface area contributed by atoms with Crippen molar-refractivity contribution in [3.63, 3.8) is 0 Å². The molecule has 0 radical (unpaired) electrons. The Hall–Kier alpha value is -8.26. The normalized spacial score (nSPS) is 16.0. The Morgan fingerprint density at radius 3 is 1.51 bits per heavy atom. The molecule has 11 aromatic rings. The number of hydrogen-bond donors (Lipinski definition) is 0. The zero-order valence-corrected chi connectivity index (χ0v) is 35.3. The lowest BCUT2D eigenvalue weighted by atomic mass is 9.65. The Labute approximate surface area is 377 Å². The van der Waals surface area contributed by atoms with Gasteiger partial charge in [-0.25, -0.2) is 0 Å². The van der Waals surface area contributed by atoms with Crippen LogP contribution in [0.1, 0.15) is 44.5 Å². The molecule has 1 heterocycles. The van der Waals surface area contributed by atoms with Crippen LogP contribution in [0.5, 0.6) is 11.5 Å². The number of benzene rings is 11. The van der Waals surface area contributed by atoms with Crippen molar-refractivity contribution in [3.8, 4) is 67.1 Å². The number of fused-ring (bicyclic) bond motifs is 23. The van der Waals surface area contributed by atoms with Gasteiger partial charge in [0.05, 0.1) is 10.8 Å². The molecule has 0 bridgehead atoms. The summed E-state index contributed by atoms with van der Waals surface area (Å²) in [5.74, 6) is 1.84. The molecular formula is C64H38O. The van der Waals surface area contributed by atoms with Gasteiger partial charge in [-0.2, -0.15) is 0 Å². The monoisotopic (exact) mass is 822 g/mol. The van der Waals surface area contributed by atoms with Crippen molar-refractivity contribution in [2.24, 2.45) is 0 Å². The van der Waals surface area contributed by atoms with E-state index in [-0.39, 0.29) is 0 Å². The molecule has 300 valence electrons. The molecule has 0 saturated carbocycles. The van der Waals surface area contributed by atoms with Gasteiger partial charge < -0.3 is 4.74 Å². The van der Waals surface area contributed by atoms with Crippen LogP contribution in [0.3, 0.4) is 0 Å². The van der Waals surface area contributed by atoms with Crippen molar-refractivity contribution < 1.29 is 4.74 Å². The first kappa shape index (κ1) is 35.2. The van der Waals surface area contributed by atoms with Crippen LogP contribution in [0, 0.1) is 0 Å². The summed E-state index contributed by atoms with van der Waals surface area (Å²) in [6.07, 6.45) is 0. The molecule has 1 unspecified atom stereocenters. The van der Waals surface area contributed by atoms with E-state index in [9.17, 15) is 0 Å². The molecule has 1 aliphatic heterocycles. The molecule has 0 amide bonds. The predicted octanol–water partition coefficient (Wildman–Crippen LogP) is 16.1. The van der Waals surface area contributed by atoms with Gasteiger partial charge in [0.15, 0.2) is 0 Å². The quantitative estimate of drug-likeness (QED) is 0.169. The SMILES string of the molecule is c1cc(-c2ccc3c(c2)C2(c4ccccc4-3)c3ccccc3-c3c2ccc2ccccc32)cc(-c2cc3c(c4ccccc24)Oc2ccccc2C32c3ccccc3-c3ccccc32)c1. The first-order chi connectivity index (χ1) is 32.2. The molecule has 0 fully saturated rings. The van der Waals surface area contributed by atoms with Crippen LogP contribution in [0.25, 0.3) is 77.2 Å². The molecule has 1 heteroatoms. The average Bonchev–Trinajstić information content (AvgIpc) is 3.97. The molecule has 0 N–H and O–H groups in total. The second-order valence-electron chi connectivity index (χ2n) is 18.2. The minimum absolute atomic E-state index is 0.442. The van der Waals surface area contributed by atoms with E-state index in [1.165, 1.54) is 116 Å². The van der Waals surface area contributed by atoms with Crippen molar-refractivity contribution in [2.75, 3.05) is 0 Å². The summed E-state index contributed by atoms with van der Waals surface area (Å²) >= 11 is 0. The Morgan fingerprint density at radius 1 is 0.262 bits per heavy atom. The van der Waals surface area contributed by atoms with E-state index in [2.05, 4.69) is 231 Å². The van der Waals surface area contributed by atoms with Crippen LogP contribution < -0.4 is 4.74 Å². The molecule has 1 atom stereocenters. The molecule has 11 aromatic carbocycles. The first-order valence-corrected chi connectivity index (χ1v) is 22.7. The molecule has 3 aliphatic carbocycles. The third-order valence-electron chi connectivity index (χ3n) is 15.3. The van der Waals surface area contributed by atoms with E-state index < -0.39 is 10.8 Å². The summed E-state index contributed by atoms with van der Waals surface area (Å²) in [6.45, 7) is 0. The van der Waals surface area contributed by atoms with Crippen LogP contribution in [0.2, 0.25) is 0 Å². The number of hydrogen-bond acceptors (Lipinski definition) is 1. The van der Waals surface area contributed by atoms with Crippen molar-refractivity contribution in [3.05, 3.63) is 275 Å². The van der Waals surface area contributed by atoms with E-state index in [4.69, 9.17) is 4.74 Å². The molecule has 1 nitrogen and oxygen atoms in total. The number of ether oxygens (including phenoxy) is 1. The van der Waals surface area contributed by atoms with Crippen molar-refractivity contribution in [1.29, 1.82) is 0 Å². The molecule has 2 spiro atoms. The maximum atomic E-state index is 7.08. The molecule has 65 heavy (non-hydrogen) atoms. The Kier molecular flexibility index (Phi) is 6.88. The zero-order chi connectivity index (χ0) is 42.4. The highest BCUT2D eigenvalue weighted by molar-refractivity contribution is 6.07. The van der Waals surface area contributed by atoms with Gasteiger partial charge in [-0.1, -0.05) is 206 Å².